The molecule has 0 heterocycles. The summed E-state index contributed by atoms with van der Waals surface area (Å²) in [6, 6.07) is 0. The third-order valence-corrected chi connectivity index (χ3v) is 0.408. The van der Waals surface area contributed by atoms with Crippen LogP contribution in [0.2, 0.25) is 0 Å². The summed E-state index contributed by atoms with van der Waals surface area (Å²) in [6.07, 6.45) is 0.944. The first-order valence-corrected chi connectivity index (χ1v) is 1.82. The van der Waals surface area contributed by atoms with E-state index >= 15 is 0 Å². The Kier molecular flexibility index (Phi) is 16.9. The molecule has 36 valence electrons. The molecule has 0 saturated heterocycles. The maximum atomic E-state index is 5.06. The van der Waals surface area contributed by atoms with Gasteiger partial charge in [-0.05, 0) is 19.5 Å². The Bertz CT molecular complexity index is 16.3. The molecule has 0 amide bonds. The van der Waals surface area contributed by atoms with Crippen LogP contribution < -0.4 is 11.5 Å². The average molecular weight is 213 g/mol. The van der Waals surface area contributed by atoms with Gasteiger partial charge in [0.05, 0.1) is 0 Å². The van der Waals surface area contributed by atoms with Crippen molar-refractivity contribution >= 4 is 48.9 Å². The number of hydrogen-bond acceptors (Lipinski definition) is 2. The van der Waals surface area contributed by atoms with E-state index in [0.717, 1.165) is 19.5 Å². The molecule has 0 spiro atoms. The van der Waals surface area contributed by atoms with Crippen LogP contribution >= 0.6 is 0 Å². The molecule has 4 N–H and O–H groups in total. The van der Waals surface area contributed by atoms with E-state index in [1.165, 1.54) is 0 Å². The van der Waals surface area contributed by atoms with Crippen molar-refractivity contribution in [2.75, 3.05) is 13.1 Å². The minimum absolute atomic E-state index is 0. The van der Waals surface area contributed by atoms with Crippen LogP contribution in [0.3, 0.4) is 0 Å². The second-order valence-electron chi connectivity index (χ2n) is 0.931. The fourth-order valence-corrected chi connectivity index (χ4v) is 0.118. The Morgan fingerprint density at radius 3 is 1.33 bits per heavy atom. The second kappa shape index (κ2) is 9.70. The summed E-state index contributed by atoms with van der Waals surface area (Å²) in [5.41, 5.74) is 10.1. The van der Waals surface area contributed by atoms with Gasteiger partial charge in [-0.2, -0.15) is 0 Å². The second-order valence-corrected chi connectivity index (χ2v) is 0.931. The van der Waals surface area contributed by atoms with Crippen LogP contribution in [-0.2, 0) is 0 Å². The Morgan fingerprint density at radius 1 is 1.00 bits per heavy atom. The van der Waals surface area contributed by atoms with Gasteiger partial charge in [0, 0.05) is 0 Å². The van der Waals surface area contributed by atoms with Crippen molar-refractivity contribution in [2.24, 2.45) is 11.5 Å². The third-order valence-electron chi connectivity index (χ3n) is 0.408. The van der Waals surface area contributed by atoms with Gasteiger partial charge in [0.15, 0.2) is 0 Å². The van der Waals surface area contributed by atoms with Gasteiger partial charge in [0.25, 0.3) is 0 Å². The molecule has 0 unspecified atom stereocenters. The zero-order valence-corrected chi connectivity index (χ0v) is 3.28. The molecule has 0 aliphatic heterocycles. The van der Waals surface area contributed by atoms with Crippen molar-refractivity contribution in [2.45, 2.75) is 6.42 Å². The fourth-order valence-electron chi connectivity index (χ4n) is 0.118. The standard InChI is InChI=1S/C3H10N2.Ba.2H/c4-2-1-3-5;;;/h1-5H2;;;. The van der Waals surface area contributed by atoms with Crippen molar-refractivity contribution < 1.29 is 0 Å². The summed E-state index contributed by atoms with van der Waals surface area (Å²) in [5, 5.41) is 0. The van der Waals surface area contributed by atoms with Crippen molar-refractivity contribution in [3.05, 3.63) is 0 Å². The summed E-state index contributed by atoms with van der Waals surface area (Å²) in [7, 11) is 0. The molecule has 6 heavy (non-hydrogen) atoms. The molecule has 0 aromatic heterocycles. The summed E-state index contributed by atoms with van der Waals surface area (Å²) >= 11 is 0. The van der Waals surface area contributed by atoms with E-state index in [1.54, 1.807) is 0 Å². The van der Waals surface area contributed by atoms with E-state index in [4.69, 9.17) is 11.5 Å². The van der Waals surface area contributed by atoms with E-state index in [9.17, 15) is 0 Å². The molecule has 0 atom stereocenters. The van der Waals surface area contributed by atoms with Gasteiger partial charge in [-0.1, -0.05) is 0 Å². The zero-order chi connectivity index (χ0) is 4.12. The molecule has 0 aromatic rings. The number of hydrogen-bond donors (Lipinski definition) is 2. The van der Waals surface area contributed by atoms with Crippen LogP contribution in [-0.4, -0.2) is 62.0 Å². The van der Waals surface area contributed by atoms with E-state index < -0.39 is 0 Å². The third kappa shape index (κ3) is 9.09. The SMILES string of the molecule is NCCCN.[BaH2]. The molecule has 0 radical (unpaired) electrons. The topological polar surface area (TPSA) is 52.0 Å². The van der Waals surface area contributed by atoms with Crippen LogP contribution in [0.25, 0.3) is 0 Å². The maximum absolute atomic E-state index is 5.06. The molecule has 3 heteroatoms. The molecule has 2 nitrogen and oxygen atoms in total. The summed E-state index contributed by atoms with van der Waals surface area (Å²) in [5.74, 6) is 0. The quantitative estimate of drug-likeness (QED) is 0.542. The summed E-state index contributed by atoms with van der Waals surface area (Å²) < 4.78 is 0. The molecular weight excluding hydrogens is 201 g/mol. The number of nitrogens with two attached hydrogens (primary N) is 2. The first kappa shape index (κ1) is 10.5. The Labute approximate surface area is 78.7 Å². The molecule has 0 bridgehead atoms. The minimum atomic E-state index is 0. The molecule has 0 rings (SSSR count). The average Bonchev–Trinajstić information content (AvgIpc) is 1.41. The summed E-state index contributed by atoms with van der Waals surface area (Å²) in [4.78, 5) is 0. The molecule has 0 saturated carbocycles. The van der Waals surface area contributed by atoms with Gasteiger partial charge >= 0.3 is 48.9 Å². The van der Waals surface area contributed by atoms with E-state index in [1.807, 2.05) is 0 Å². The van der Waals surface area contributed by atoms with Crippen molar-refractivity contribution in [3.63, 3.8) is 0 Å². The van der Waals surface area contributed by atoms with E-state index in [2.05, 4.69) is 0 Å². The van der Waals surface area contributed by atoms with Crippen LogP contribution in [0.4, 0.5) is 0 Å². The predicted octanol–water partition coefficient (Wildman–Crippen LogP) is -1.62. The van der Waals surface area contributed by atoms with Gasteiger partial charge in [-0.3, -0.25) is 0 Å². The number of rotatable bonds is 2. The molecule has 0 aliphatic rings. The normalized spacial score (nSPS) is 7.00. The van der Waals surface area contributed by atoms with E-state index in [-0.39, 0.29) is 48.9 Å². The predicted molar refractivity (Wildman–Crippen MR) is 31.3 cm³/mol. The first-order valence-electron chi connectivity index (χ1n) is 1.82. The van der Waals surface area contributed by atoms with E-state index in [0.29, 0.717) is 0 Å². The Morgan fingerprint density at radius 2 is 1.33 bits per heavy atom. The molecular formula is C3H12BaN2. The first-order chi connectivity index (χ1) is 2.41. The Balaban J connectivity index is 0. The van der Waals surface area contributed by atoms with Crippen LogP contribution in [0.1, 0.15) is 6.42 Å². The van der Waals surface area contributed by atoms with Crippen molar-refractivity contribution in [1.82, 2.24) is 0 Å². The molecule has 0 aromatic carbocycles. The van der Waals surface area contributed by atoms with Crippen LogP contribution in [0.5, 0.6) is 0 Å². The summed E-state index contributed by atoms with van der Waals surface area (Å²) in [6.45, 7) is 1.44. The fraction of sp³-hybridized carbons (Fsp3) is 1.00. The zero-order valence-electron chi connectivity index (χ0n) is 3.28. The van der Waals surface area contributed by atoms with Gasteiger partial charge in [0.2, 0.25) is 0 Å². The van der Waals surface area contributed by atoms with Gasteiger partial charge < -0.3 is 11.5 Å². The van der Waals surface area contributed by atoms with Crippen LogP contribution in [0, 0.1) is 0 Å². The van der Waals surface area contributed by atoms with Crippen molar-refractivity contribution in [3.8, 4) is 0 Å². The Hall–Kier alpha value is 1.49. The van der Waals surface area contributed by atoms with Gasteiger partial charge in [-0.25, -0.2) is 0 Å². The monoisotopic (exact) mass is 214 g/mol. The van der Waals surface area contributed by atoms with Crippen molar-refractivity contribution in [1.29, 1.82) is 0 Å². The van der Waals surface area contributed by atoms with Gasteiger partial charge in [0.1, 0.15) is 0 Å². The molecule has 0 aliphatic carbocycles. The van der Waals surface area contributed by atoms with Crippen LogP contribution in [0.15, 0.2) is 0 Å². The molecule has 0 fully saturated rings. The van der Waals surface area contributed by atoms with Gasteiger partial charge in [-0.15, -0.1) is 0 Å².